The van der Waals surface area contributed by atoms with E-state index < -0.39 is 18.5 Å². The molecule has 8 heteroatoms. The average molecular weight is 601 g/mol. The van der Waals surface area contributed by atoms with Crippen molar-refractivity contribution in [2.75, 3.05) is 16.8 Å². The number of anilines is 2. The molecule has 2 aliphatic carbocycles. The van der Waals surface area contributed by atoms with Crippen molar-refractivity contribution in [3.05, 3.63) is 93.5 Å². The molecule has 3 amide bonds. The Labute approximate surface area is 241 Å². The fraction of sp³-hybridized carbons (Fsp3) is 0.312. The maximum absolute atomic E-state index is 13.6. The third kappa shape index (κ3) is 4.54. The molecule has 1 N–H and O–H groups in total. The number of imide groups is 1. The van der Waals surface area contributed by atoms with Crippen LogP contribution in [0.2, 0.25) is 0 Å². The molecule has 40 heavy (non-hydrogen) atoms. The van der Waals surface area contributed by atoms with Gasteiger partial charge in [0, 0.05) is 10.2 Å². The summed E-state index contributed by atoms with van der Waals surface area (Å²) < 4.78 is 6.20. The maximum Gasteiger partial charge on any atom is 0.338 e. The molecule has 204 valence electrons. The second-order valence-corrected chi connectivity index (χ2v) is 11.9. The molecule has 5 atom stereocenters. The molecule has 3 fully saturated rings. The van der Waals surface area contributed by atoms with E-state index in [9.17, 15) is 19.2 Å². The number of ether oxygens (including phenoxy) is 1. The Morgan fingerprint density at radius 1 is 0.925 bits per heavy atom. The number of rotatable bonds is 6. The largest absolute Gasteiger partial charge is 0.452 e. The van der Waals surface area contributed by atoms with Crippen LogP contribution >= 0.6 is 15.9 Å². The Balaban J connectivity index is 1.13. The molecule has 0 unspecified atom stereocenters. The molecule has 2 bridgehead atoms. The van der Waals surface area contributed by atoms with E-state index in [-0.39, 0.29) is 47.0 Å². The van der Waals surface area contributed by atoms with Crippen LogP contribution in [0.3, 0.4) is 0 Å². The summed E-state index contributed by atoms with van der Waals surface area (Å²) in [6.07, 6.45) is 1.81. The van der Waals surface area contributed by atoms with Crippen molar-refractivity contribution in [1.82, 2.24) is 0 Å². The molecule has 3 aliphatic rings. The number of aryl methyl sites for hydroxylation is 2. The molecule has 1 heterocycles. The van der Waals surface area contributed by atoms with Crippen LogP contribution in [0.1, 0.15) is 45.8 Å². The van der Waals surface area contributed by atoms with Crippen molar-refractivity contribution in [2.24, 2.45) is 23.7 Å². The summed E-state index contributed by atoms with van der Waals surface area (Å²) in [6, 6.07) is 20.3. The van der Waals surface area contributed by atoms with Crippen LogP contribution in [0, 0.1) is 37.5 Å². The lowest BCUT2D eigenvalue weighted by Crippen LogP contribution is -2.33. The Bertz CT molecular complexity index is 1540. The summed E-state index contributed by atoms with van der Waals surface area (Å²) in [5.41, 5.74) is 4.24. The van der Waals surface area contributed by atoms with Crippen LogP contribution in [0.4, 0.5) is 11.4 Å². The molecule has 6 rings (SSSR count). The van der Waals surface area contributed by atoms with Gasteiger partial charge in [-0.25, -0.2) is 4.79 Å². The molecule has 2 saturated carbocycles. The number of nitrogens with one attached hydrogen (secondary N) is 1. The summed E-state index contributed by atoms with van der Waals surface area (Å²) >= 11 is 3.47. The number of fused-ring (bicyclic) bond motifs is 5. The molecule has 3 aromatic carbocycles. The zero-order valence-corrected chi connectivity index (χ0v) is 23.8. The average Bonchev–Trinajstić information content (AvgIpc) is 3.62. The lowest BCUT2D eigenvalue weighted by molar-refractivity contribution is -0.123. The van der Waals surface area contributed by atoms with E-state index in [2.05, 4.69) is 33.4 Å². The number of halogens is 1. The van der Waals surface area contributed by atoms with Crippen molar-refractivity contribution in [3.63, 3.8) is 0 Å². The first-order chi connectivity index (χ1) is 19.2. The number of amides is 3. The first-order valence-electron chi connectivity index (χ1n) is 13.5. The van der Waals surface area contributed by atoms with Crippen LogP contribution < -0.4 is 10.2 Å². The van der Waals surface area contributed by atoms with Crippen LogP contribution in [-0.4, -0.2) is 30.3 Å². The molecule has 0 aromatic heterocycles. The zero-order chi connectivity index (χ0) is 28.1. The third-order valence-electron chi connectivity index (χ3n) is 8.70. The number of hydrogen-bond donors (Lipinski definition) is 1. The van der Waals surface area contributed by atoms with Gasteiger partial charge in [0.05, 0.1) is 23.1 Å². The topological polar surface area (TPSA) is 92.8 Å². The molecule has 3 aromatic rings. The minimum absolute atomic E-state index is 0.142. The highest BCUT2D eigenvalue weighted by Gasteiger charge is 2.64. The van der Waals surface area contributed by atoms with Crippen LogP contribution in [0.5, 0.6) is 0 Å². The quantitative estimate of drug-likeness (QED) is 0.285. The van der Waals surface area contributed by atoms with E-state index >= 15 is 0 Å². The number of carbonyl (C=O) groups is 4. The van der Waals surface area contributed by atoms with Gasteiger partial charge in [0.1, 0.15) is 0 Å². The second kappa shape index (κ2) is 10.3. The Morgan fingerprint density at radius 2 is 1.68 bits per heavy atom. The van der Waals surface area contributed by atoms with Crippen molar-refractivity contribution in [2.45, 2.75) is 32.6 Å². The van der Waals surface area contributed by atoms with Crippen LogP contribution in [0.25, 0.3) is 0 Å². The SMILES string of the molecule is Cc1cc(NC(=O)COC(=O)c2cccc(N3C(=O)[C@@H]4[C@@H]5C[C@@H]([C@@H]4C3=O)[C@@H](c3ccccc3)C5)c2)c(C)cc1Br. The number of benzene rings is 3. The highest BCUT2D eigenvalue weighted by Crippen LogP contribution is 2.61. The maximum atomic E-state index is 13.6. The Morgan fingerprint density at radius 3 is 2.45 bits per heavy atom. The van der Waals surface area contributed by atoms with Crippen molar-refractivity contribution < 1.29 is 23.9 Å². The Hall–Kier alpha value is -3.78. The first-order valence-corrected chi connectivity index (χ1v) is 14.3. The monoisotopic (exact) mass is 600 g/mol. The van der Waals surface area contributed by atoms with Gasteiger partial charge in [0.2, 0.25) is 11.8 Å². The standard InChI is InChI=1S/C32H29BrN2O5/c1-17-12-26(18(2)11-25(17)33)34-27(36)16-40-32(39)20-9-6-10-22(13-20)35-30(37)28-21-14-23(19-7-4-3-5-8-19)24(15-21)29(28)31(35)38/h3-13,21,23-24,28-29H,14-16H2,1-2H3,(H,34,36)/t21-,23+,24+,28+,29-/m0/s1. The van der Waals surface area contributed by atoms with E-state index in [1.165, 1.54) is 16.5 Å². The van der Waals surface area contributed by atoms with Crippen molar-refractivity contribution in [3.8, 4) is 0 Å². The fourth-order valence-corrected chi connectivity index (χ4v) is 7.34. The summed E-state index contributed by atoms with van der Waals surface area (Å²) in [5.74, 6) is -1.56. The van der Waals surface area contributed by atoms with Gasteiger partial charge in [0.15, 0.2) is 6.61 Å². The molecule has 1 saturated heterocycles. The molecular formula is C32H29BrN2O5. The van der Waals surface area contributed by atoms with E-state index in [0.717, 1.165) is 28.4 Å². The fourth-order valence-electron chi connectivity index (χ4n) is 6.89. The van der Waals surface area contributed by atoms with Crippen LogP contribution in [0.15, 0.2) is 71.2 Å². The van der Waals surface area contributed by atoms with Gasteiger partial charge in [-0.15, -0.1) is 0 Å². The summed E-state index contributed by atoms with van der Waals surface area (Å²) in [5, 5.41) is 2.77. The van der Waals surface area contributed by atoms with Gasteiger partial charge >= 0.3 is 5.97 Å². The van der Waals surface area contributed by atoms with Gasteiger partial charge in [-0.2, -0.15) is 0 Å². The molecule has 0 spiro atoms. The molecular weight excluding hydrogens is 572 g/mol. The molecule has 7 nitrogen and oxygen atoms in total. The van der Waals surface area contributed by atoms with Gasteiger partial charge in [-0.05, 0) is 91.5 Å². The van der Waals surface area contributed by atoms with Gasteiger partial charge < -0.3 is 10.1 Å². The number of carbonyl (C=O) groups excluding carboxylic acids is 4. The number of esters is 1. The predicted molar refractivity (Wildman–Crippen MR) is 154 cm³/mol. The second-order valence-electron chi connectivity index (χ2n) is 11.1. The minimum atomic E-state index is -0.704. The van der Waals surface area contributed by atoms with Gasteiger partial charge in [-0.3, -0.25) is 19.3 Å². The summed E-state index contributed by atoms with van der Waals surface area (Å²) in [4.78, 5) is 53.7. The highest BCUT2D eigenvalue weighted by molar-refractivity contribution is 9.10. The number of hydrogen-bond acceptors (Lipinski definition) is 5. The summed E-state index contributed by atoms with van der Waals surface area (Å²) in [7, 11) is 0. The first kappa shape index (κ1) is 26.4. The highest BCUT2D eigenvalue weighted by atomic mass is 79.9. The molecule has 1 aliphatic heterocycles. The predicted octanol–water partition coefficient (Wildman–Crippen LogP) is 5.79. The van der Waals surface area contributed by atoms with Crippen LogP contribution in [-0.2, 0) is 19.1 Å². The van der Waals surface area contributed by atoms with Crippen molar-refractivity contribution in [1.29, 1.82) is 0 Å². The van der Waals surface area contributed by atoms with E-state index in [0.29, 0.717) is 11.4 Å². The van der Waals surface area contributed by atoms with E-state index in [4.69, 9.17) is 4.74 Å². The normalized spacial score (nSPS) is 24.8. The smallest absolute Gasteiger partial charge is 0.338 e. The lowest BCUT2D eigenvalue weighted by atomic mass is 9.73. The van der Waals surface area contributed by atoms with E-state index in [1.54, 1.807) is 18.2 Å². The number of nitrogens with zero attached hydrogens (tertiary/aromatic N) is 1. The lowest BCUT2D eigenvalue weighted by Gasteiger charge is -2.28. The van der Waals surface area contributed by atoms with Crippen molar-refractivity contribution >= 4 is 51.0 Å². The molecule has 0 radical (unpaired) electrons. The van der Waals surface area contributed by atoms with Gasteiger partial charge in [0.25, 0.3) is 5.91 Å². The van der Waals surface area contributed by atoms with Gasteiger partial charge in [-0.1, -0.05) is 52.3 Å². The Kier molecular flexibility index (Phi) is 6.82. The zero-order valence-electron chi connectivity index (χ0n) is 22.2. The third-order valence-corrected chi connectivity index (χ3v) is 9.55. The van der Waals surface area contributed by atoms with E-state index in [1.807, 2.05) is 44.2 Å². The summed E-state index contributed by atoms with van der Waals surface area (Å²) in [6.45, 7) is 3.33. The minimum Gasteiger partial charge on any atom is -0.452 e.